The highest BCUT2D eigenvalue weighted by atomic mass is 32.1. The number of nitrogens with zero attached hydrogens (tertiary/aromatic N) is 5. The molecule has 3 aromatic rings. The van der Waals surface area contributed by atoms with Gasteiger partial charge in [-0.05, 0) is 36.1 Å². The van der Waals surface area contributed by atoms with Gasteiger partial charge < -0.3 is 20.4 Å². The van der Waals surface area contributed by atoms with Crippen molar-refractivity contribution in [3.8, 4) is 0 Å². The molecular weight excluding hydrogens is 466 g/mol. The maximum atomic E-state index is 12.7. The second kappa shape index (κ2) is 9.14. The van der Waals surface area contributed by atoms with Crippen LogP contribution in [-0.4, -0.2) is 57.5 Å². The Bertz CT molecular complexity index is 1310. The van der Waals surface area contributed by atoms with Gasteiger partial charge in [0.05, 0.1) is 12.7 Å². The van der Waals surface area contributed by atoms with Crippen LogP contribution in [-0.2, 0) is 17.8 Å². The van der Waals surface area contributed by atoms with Crippen LogP contribution < -0.4 is 15.5 Å². The summed E-state index contributed by atoms with van der Waals surface area (Å²) in [6.07, 6.45) is 2.68. The van der Waals surface area contributed by atoms with Crippen LogP contribution in [0.4, 0.5) is 22.5 Å². The molecule has 11 heteroatoms. The van der Waals surface area contributed by atoms with Crippen LogP contribution in [0.15, 0.2) is 30.5 Å². The highest BCUT2D eigenvalue weighted by molar-refractivity contribution is 7.17. The van der Waals surface area contributed by atoms with Crippen LogP contribution in [0.1, 0.15) is 45.9 Å². The molecule has 1 aromatic carbocycles. The maximum Gasteiger partial charge on any atom is 0.268 e. The number of amides is 3. The normalized spacial score (nSPS) is 14.8. The lowest BCUT2D eigenvalue weighted by molar-refractivity contribution is -0.116. The molecular formula is C24H27N7O3S. The van der Waals surface area contributed by atoms with Crippen molar-refractivity contribution in [1.82, 2.24) is 19.7 Å². The number of nitrogens with one attached hydrogen (secondary N) is 2. The molecule has 182 valence electrons. The van der Waals surface area contributed by atoms with E-state index in [-0.39, 0.29) is 23.6 Å². The second-order valence-corrected chi connectivity index (χ2v) is 10.2. The fourth-order valence-corrected chi connectivity index (χ4v) is 5.06. The lowest BCUT2D eigenvalue weighted by atomic mass is 9.98. The molecule has 0 atom stereocenters. The molecule has 0 unspecified atom stereocenters. The zero-order valence-electron chi connectivity index (χ0n) is 19.9. The lowest BCUT2D eigenvalue weighted by Gasteiger charge is -2.26. The van der Waals surface area contributed by atoms with Crippen molar-refractivity contribution in [2.24, 2.45) is 5.92 Å². The van der Waals surface area contributed by atoms with Gasteiger partial charge in [0.1, 0.15) is 10.7 Å². The van der Waals surface area contributed by atoms with Crippen molar-refractivity contribution in [3.05, 3.63) is 46.5 Å². The molecule has 0 fully saturated rings. The molecule has 0 aliphatic carbocycles. The minimum atomic E-state index is -0.327. The Kier molecular flexibility index (Phi) is 6.01. The van der Waals surface area contributed by atoms with Gasteiger partial charge in [0.2, 0.25) is 5.91 Å². The zero-order valence-corrected chi connectivity index (χ0v) is 20.7. The number of carbonyl (C=O) groups excluding carboxylic acids is 3. The minimum Gasteiger partial charge on any atom is -0.341 e. The van der Waals surface area contributed by atoms with Crippen LogP contribution >= 0.6 is 11.3 Å². The molecule has 0 saturated heterocycles. The predicted octanol–water partition coefficient (Wildman–Crippen LogP) is 3.36. The van der Waals surface area contributed by atoms with Crippen LogP contribution in [0.25, 0.3) is 0 Å². The Morgan fingerprint density at radius 1 is 1.14 bits per heavy atom. The number of anilines is 4. The molecule has 35 heavy (non-hydrogen) atoms. The smallest absolute Gasteiger partial charge is 0.268 e. The third-order valence-electron chi connectivity index (χ3n) is 6.08. The molecule has 4 heterocycles. The topological polar surface area (TPSA) is 112 Å². The standard InChI is InChI=1S/C24H27N7O3S/c1-14(2)10-20(32)27-24-25-13-18(35-24)22(33)26-19-12-21-30(8-9-31(21)28-19)16-4-5-17-15(11-16)6-7-29(3)23(17)34/h4-5,11-14H,6-10H2,1-3H3,(H,25,27,32)(H,26,28,33). The van der Waals surface area contributed by atoms with Crippen LogP contribution in [0.5, 0.6) is 0 Å². The first-order chi connectivity index (χ1) is 16.8. The Morgan fingerprint density at radius 2 is 1.97 bits per heavy atom. The van der Waals surface area contributed by atoms with Crippen molar-refractivity contribution in [2.45, 2.75) is 33.2 Å². The summed E-state index contributed by atoms with van der Waals surface area (Å²) >= 11 is 1.13. The quantitative estimate of drug-likeness (QED) is 0.545. The fraction of sp³-hybridized carbons (Fsp3) is 0.375. The number of aromatic nitrogens is 3. The van der Waals surface area contributed by atoms with Gasteiger partial charge in [0, 0.05) is 43.9 Å². The summed E-state index contributed by atoms with van der Waals surface area (Å²) in [7, 11) is 1.82. The summed E-state index contributed by atoms with van der Waals surface area (Å²) in [6.45, 7) is 6.10. The predicted molar refractivity (Wildman–Crippen MR) is 134 cm³/mol. The molecule has 2 aliphatic heterocycles. The fourth-order valence-electron chi connectivity index (χ4n) is 4.34. The van der Waals surface area contributed by atoms with Gasteiger partial charge in [-0.1, -0.05) is 25.2 Å². The van der Waals surface area contributed by atoms with Gasteiger partial charge >= 0.3 is 0 Å². The average Bonchev–Trinajstić information content (AvgIpc) is 3.52. The first kappa shape index (κ1) is 23.0. The minimum absolute atomic E-state index is 0.0555. The first-order valence-corrected chi connectivity index (χ1v) is 12.4. The van der Waals surface area contributed by atoms with E-state index < -0.39 is 0 Å². The third-order valence-corrected chi connectivity index (χ3v) is 6.99. The van der Waals surface area contributed by atoms with Gasteiger partial charge in [0.15, 0.2) is 10.9 Å². The molecule has 0 spiro atoms. The molecule has 0 saturated carbocycles. The molecule has 2 aromatic heterocycles. The number of carbonyl (C=O) groups is 3. The van der Waals surface area contributed by atoms with Gasteiger partial charge in [-0.2, -0.15) is 5.10 Å². The maximum absolute atomic E-state index is 12.7. The number of hydrogen-bond acceptors (Lipinski definition) is 7. The SMILES string of the molecule is CC(C)CC(=O)Nc1ncc(C(=O)Nc2cc3n(n2)CCN3c2ccc3c(c2)CCN(C)C3=O)s1. The molecule has 0 bridgehead atoms. The van der Waals surface area contributed by atoms with E-state index in [0.717, 1.165) is 46.9 Å². The Balaban J connectivity index is 1.28. The summed E-state index contributed by atoms with van der Waals surface area (Å²) < 4.78 is 1.86. The molecule has 5 rings (SSSR count). The Morgan fingerprint density at radius 3 is 2.77 bits per heavy atom. The summed E-state index contributed by atoms with van der Waals surface area (Å²) in [5, 5.41) is 10.5. The lowest BCUT2D eigenvalue weighted by Crippen LogP contribution is -2.34. The molecule has 3 amide bonds. The zero-order chi connectivity index (χ0) is 24.7. The number of hydrogen-bond donors (Lipinski definition) is 2. The molecule has 2 aliphatic rings. The Hall–Kier alpha value is -3.73. The summed E-state index contributed by atoms with van der Waals surface area (Å²) in [5.41, 5.74) is 2.81. The van der Waals surface area contributed by atoms with Crippen molar-refractivity contribution in [1.29, 1.82) is 0 Å². The van der Waals surface area contributed by atoms with E-state index in [9.17, 15) is 14.4 Å². The number of rotatable bonds is 6. The van der Waals surface area contributed by atoms with E-state index in [0.29, 0.717) is 35.3 Å². The van der Waals surface area contributed by atoms with Crippen molar-refractivity contribution in [3.63, 3.8) is 0 Å². The highest BCUT2D eigenvalue weighted by Gasteiger charge is 2.27. The highest BCUT2D eigenvalue weighted by Crippen LogP contribution is 2.34. The third kappa shape index (κ3) is 4.63. The van der Waals surface area contributed by atoms with Crippen molar-refractivity contribution < 1.29 is 14.4 Å². The Labute approximate surface area is 206 Å². The van der Waals surface area contributed by atoms with Crippen LogP contribution in [0.3, 0.4) is 0 Å². The van der Waals surface area contributed by atoms with E-state index >= 15 is 0 Å². The monoisotopic (exact) mass is 493 g/mol. The van der Waals surface area contributed by atoms with Crippen LogP contribution in [0, 0.1) is 5.92 Å². The largest absolute Gasteiger partial charge is 0.341 e. The number of likely N-dealkylation sites (N-methyl/N-ethyl adjacent to an activating group) is 1. The molecule has 10 nitrogen and oxygen atoms in total. The summed E-state index contributed by atoms with van der Waals surface area (Å²) in [5.74, 6) is 1.18. The molecule has 0 radical (unpaired) electrons. The van der Waals surface area contributed by atoms with E-state index in [1.165, 1.54) is 6.20 Å². The van der Waals surface area contributed by atoms with E-state index in [2.05, 4.69) is 31.7 Å². The van der Waals surface area contributed by atoms with Gasteiger partial charge in [-0.25, -0.2) is 9.67 Å². The average molecular weight is 494 g/mol. The van der Waals surface area contributed by atoms with Gasteiger partial charge in [-0.3, -0.25) is 14.4 Å². The van der Waals surface area contributed by atoms with Crippen molar-refractivity contribution >= 4 is 51.5 Å². The summed E-state index contributed by atoms with van der Waals surface area (Å²) in [4.78, 5) is 45.5. The van der Waals surface area contributed by atoms with E-state index in [1.54, 1.807) is 4.90 Å². The number of fused-ring (bicyclic) bond motifs is 2. The van der Waals surface area contributed by atoms with E-state index in [1.807, 2.05) is 43.8 Å². The second-order valence-electron chi connectivity index (χ2n) is 9.21. The van der Waals surface area contributed by atoms with Crippen molar-refractivity contribution in [2.75, 3.05) is 35.7 Å². The first-order valence-electron chi connectivity index (χ1n) is 11.6. The van der Waals surface area contributed by atoms with E-state index in [4.69, 9.17) is 0 Å². The van der Waals surface area contributed by atoms with Gasteiger partial charge in [0.25, 0.3) is 11.8 Å². The summed E-state index contributed by atoms with van der Waals surface area (Å²) in [6, 6.07) is 7.78. The van der Waals surface area contributed by atoms with Gasteiger partial charge in [-0.15, -0.1) is 0 Å². The van der Waals surface area contributed by atoms with Crippen LogP contribution in [0.2, 0.25) is 0 Å². The number of thiazole rings is 1. The molecule has 2 N–H and O–H groups in total. The number of benzene rings is 1.